The Hall–Kier alpha value is -1.51. The molecule has 6 nitrogen and oxygen atoms in total. The Labute approximate surface area is 130 Å². The van der Waals surface area contributed by atoms with Crippen molar-refractivity contribution in [2.45, 2.75) is 11.8 Å². The Morgan fingerprint density at radius 2 is 1.95 bits per heavy atom. The molecule has 0 fully saturated rings. The van der Waals surface area contributed by atoms with Gasteiger partial charge in [-0.05, 0) is 36.8 Å². The van der Waals surface area contributed by atoms with Crippen LogP contribution in [0.5, 0.6) is 0 Å². The third-order valence-electron chi connectivity index (χ3n) is 2.62. The summed E-state index contributed by atoms with van der Waals surface area (Å²) < 4.78 is 27.6. The maximum Gasteiger partial charge on any atom is 0.187 e. The van der Waals surface area contributed by atoms with Crippen molar-refractivity contribution < 1.29 is 13.2 Å². The lowest BCUT2D eigenvalue weighted by atomic mass is 10.1. The first-order chi connectivity index (χ1) is 9.84. The van der Waals surface area contributed by atoms with E-state index in [1.165, 1.54) is 6.26 Å². The first-order valence-electron chi connectivity index (χ1n) is 6.22. The van der Waals surface area contributed by atoms with Crippen LogP contribution in [0.3, 0.4) is 0 Å². The summed E-state index contributed by atoms with van der Waals surface area (Å²) in [5.41, 5.74) is 4.23. The molecule has 0 amide bonds. The third-order valence-corrected chi connectivity index (χ3v) is 3.98. The number of nitrogens with zero attached hydrogens (tertiary/aromatic N) is 1. The fourth-order valence-electron chi connectivity index (χ4n) is 1.45. The van der Waals surface area contributed by atoms with Crippen LogP contribution in [0.2, 0.25) is 0 Å². The normalized spacial score (nSPS) is 12.0. The van der Waals surface area contributed by atoms with E-state index in [-0.39, 0.29) is 4.90 Å². The number of thiocarbonyl (C=S) groups is 1. The van der Waals surface area contributed by atoms with Crippen molar-refractivity contribution in [1.29, 1.82) is 0 Å². The summed E-state index contributed by atoms with van der Waals surface area (Å²) in [5, 5.41) is 7.47. The number of methoxy groups -OCH3 is 1. The van der Waals surface area contributed by atoms with Gasteiger partial charge in [-0.3, -0.25) is 5.43 Å². The van der Waals surface area contributed by atoms with Crippen molar-refractivity contribution in [3.63, 3.8) is 0 Å². The van der Waals surface area contributed by atoms with Crippen LogP contribution in [0, 0.1) is 0 Å². The van der Waals surface area contributed by atoms with Crippen molar-refractivity contribution in [2.24, 2.45) is 5.10 Å². The predicted molar refractivity (Wildman–Crippen MR) is 87.4 cm³/mol. The average molecular weight is 329 g/mol. The minimum Gasteiger partial charge on any atom is -0.383 e. The Kier molecular flexibility index (Phi) is 6.73. The number of hydrazone groups is 1. The van der Waals surface area contributed by atoms with Gasteiger partial charge in [-0.15, -0.1) is 0 Å². The lowest BCUT2D eigenvalue weighted by Crippen LogP contribution is -2.34. The minimum atomic E-state index is -3.18. The molecular weight excluding hydrogens is 310 g/mol. The van der Waals surface area contributed by atoms with Gasteiger partial charge in [0.05, 0.1) is 17.2 Å². The molecule has 1 aromatic rings. The van der Waals surface area contributed by atoms with Crippen LogP contribution >= 0.6 is 12.2 Å². The van der Waals surface area contributed by atoms with Crippen molar-refractivity contribution in [3.8, 4) is 0 Å². The van der Waals surface area contributed by atoms with Gasteiger partial charge in [0.25, 0.3) is 0 Å². The first-order valence-corrected chi connectivity index (χ1v) is 8.52. The summed E-state index contributed by atoms with van der Waals surface area (Å²) in [6, 6.07) is 6.52. The standard InChI is InChI=1S/C13H19N3O3S2/c1-10(15-16-13(20)14-8-9-19-2)11-4-6-12(7-5-11)21(3,17)18/h4-7H,8-9H2,1-3H3,(H2,14,16,20)/b15-10-. The number of nitrogens with one attached hydrogen (secondary N) is 2. The average Bonchev–Trinajstić information content (AvgIpc) is 2.44. The maximum atomic E-state index is 11.4. The lowest BCUT2D eigenvalue weighted by molar-refractivity contribution is 0.204. The molecule has 8 heteroatoms. The molecule has 0 aliphatic rings. The van der Waals surface area contributed by atoms with E-state index in [4.69, 9.17) is 17.0 Å². The van der Waals surface area contributed by atoms with E-state index >= 15 is 0 Å². The summed E-state index contributed by atoms with van der Waals surface area (Å²) >= 11 is 5.04. The highest BCUT2D eigenvalue weighted by atomic mass is 32.2. The van der Waals surface area contributed by atoms with E-state index in [9.17, 15) is 8.42 Å². The van der Waals surface area contributed by atoms with Gasteiger partial charge in [0.2, 0.25) is 0 Å². The zero-order valence-electron chi connectivity index (χ0n) is 12.2. The molecule has 0 aromatic heterocycles. The SMILES string of the molecule is COCCNC(=S)N/N=C(/C)c1ccc(S(C)(=O)=O)cc1. The molecule has 1 aromatic carbocycles. The lowest BCUT2D eigenvalue weighted by Gasteiger charge is -2.07. The van der Waals surface area contributed by atoms with Gasteiger partial charge in [0.15, 0.2) is 14.9 Å². The topological polar surface area (TPSA) is 79.8 Å². The zero-order valence-corrected chi connectivity index (χ0v) is 13.8. The second-order valence-corrected chi connectivity index (χ2v) is 6.78. The number of benzene rings is 1. The van der Waals surface area contributed by atoms with E-state index in [2.05, 4.69) is 15.8 Å². The van der Waals surface area contributed by atoms with Crippen LogP contribution in [0.1, 0.15) is 12.5 Å². The van der Waals surface area contributed by atoms with E-state index in [0.717, 1.165) is 5.56 Å². The second kappa shape index (κ2) is 8.06. The quantitative estimate of drug-likeness (QED) is 0.350. The molecule has 0 aliphatic heterocycles. The Balaban J connectivity index is 2.64. The zero-order chi connectivity index (χ0) is 15.9. The molecule has 0 unspecified atom stereocenters. The molecule has 0 aliphatic carbocycles. The van der Waals surface area contributed by atoms with E-state index in [1.807, 2.05) is 0 Å². The van der Waals surface area contributed by atoms with Gasteiger partial charge in [0.1, 0.15) is 0 Å². The van der Waals surface area contributed by atoms with Gasteiger partial charge in [-0.1, -0.05) is 12.1 Å². The van der Waals surface area contributed by atoms with Gasteiger partial charge in [0, 0.05) is 19.9 Å². The summed E-state index contributed by atoms with van der Waals surface area (Å²) in [7, 11) is -1.57. The van der Waals surface area contributed by atoms with Crippen molar-refractivity contribution >= 4 is 32.9 Å². The molecule has 0 saturated carbocycles. The molecule has 2 N–H and O–H groups in total. The summed E-state index contributed by atoms with van der Waals surface area (Å²) in [6.07, 6.45) is 1.18. The highest BCUT2D eigenvalue weighted by Crippen LogP contribution is 2.10. The molecule has 0 radical (unpaired) electrons. The summed E-state index contributed by atoms with van der Waals surface area (Å²) in [4.78, 5) is 0.281. The van der Waals surface area contributed by atoms with Gasteiger partial charge >= 0.3 is 0 Å². The fourth-order valence-corrected chi connectivity index (χ4v) is 2.23. The van der Waals surface area contributed by atoms with Crippen LogP contribution in [0.4, 0.5) is 0 Å². The van der Waals surface area contributed by atoms with E-state index in [1.54, 1.807) is 38.3 Å². The van der Waals surface area contributed by atoms with E-state index in [0.29, 0.717) is 24.0 Å². The maximum absolute atomic E-state index is 11.4. The number of rotatable bonds is 6. The fraction of sp³-hybridized carbons (Fsp3) is 0.385. The van der Waals surface area contributed by atoms with Crippen LogP contribution < -0.4 is 10.7 Å². The third kappa shape index (κ3) is 6.19. The molecule has 0 bridgehead atoms. The van der Waals surface area contributed by atoms with Gasteiger partial charge in [-0.2, -0.15) is 5.10 Å². The van der Waals surface area contributed by atoms with E-state index < -0.39 is 9.84 Å². The molecule has 116 valence electrons. The molecule has 0 spiro atoms. The first kappa shape index (κ1) is 17.5. The number of hydrogen-bond acceptors (Lipinski definition) is 5. The monoisotopic (exact) mass is 329 g/mol. The van der Waals surface area contributed by atoms with Gasteiger partial charge < -0.3 is 10.1 Å². The smallest absolute Gasteiger partial charge is 0.187 e. The van der Waals surface area contributed by atoms with Gasteiger partial charge in [-0.25, -0.2) is 8.42 Å². The molecule has 0 saturated heterocycles. The molecule has 0 atom stereocenters. The Morgan fingerprint density at radius 3 is 2.48 bits per heavy atom. The number of ether oxygens (including phenoxy) is 1. The molecule has 1 rings (SSSR count). The van der Waals surface area contributed by atoms with Crippen molar-refractivity contribution in [1.82, 2.24) is 10.7 Å². The largest absolute Gasteiger partial charge is 0.383 e. The second-order valence-electron chi connectivity index (χ2n) is 4.35. The van der Waals surface area contributed by atoms with Crippen LogP contribution in [0.15, 0.2) is 34.3 Å². The van der Waals surface area contributed by atoms with Crippen molar-refractivity contribution in [2.75, 3.05) is 26.5 Å². The number of sulfone groups is 1. The van der Waals surface area contributed by atoms with Crippen LogP contribution in [-0.2, 0) is 14.6 Å². The minimum absolute atomic E-state index is 0.281. The highest BCUT2D eigenvalue weighted by molar-refractivity contribution is 7.90. The Bertz CT molecular complexity index is 610. The highest BCUT2D eigenvalue weighted by Gasteiger charge is 2.07. The number of hydrogen-bond donors (Lipinski definition) is 2. The van der Waals surface area contributed by atoms with Crippen molar-refractivity contribution in [3.05, 3.63) is 29.8 Å². The summed E-state index contributed by atoms with van der Waals surface area (Å²) in [6.45, 7) is 2.96. The predicted octanol–water partition coefficient (Wildman–Crippen LogP) is 0.925. The van der Waals surface area contributed by atoms with Crippen LogP contribution in [0.25, 0.3) is 0 Å². The molecular formula is C13H19N3O3S2. The molecule has 0 heterocycles. The summed E-state index contributed by atoms with van der Waals surface area (Å²) in [5.74, 6) is 0. The molecule has 21 heavy (non-hydrogen) atoms. The Morgan fingerprint density at radius 1 is 1.33 bits per heavy atom. The van der Waals surface area contributed by atoms with Crippen LogP contribution in [-0.4, -0.2) is 45.8 Å².